The average molecular weight is 461 g/mol. The van der Waals surface area contributed by atoms with Gasteiger partial charge >= 0.3 is 0 Å². The molecule has 0 aliphatic carbocycles. The number of benzene rings is 4. The van der Waals surface area contributed by atoms with Gasteiger partial charge in [0.1, 0.15) is 0 Å². The third-order valence-corrected chi connectivity index (χ3v) is 6.85. The molecule has 0 unspecified atom stereocenters. The summed E-state index contributed by atoms with van der Waals surface area (Å²) in [6, 6.07) is 29.5. The van der Waals surface area contributed by atoms with Crippen LogP contribution in [0.1, 0.15) is 34.2 Å². The van der Waals surface area contributed by atoms with Gasteiger partial charge in [-0.25, -0.2) is 0 Å². The van der Waals surface area contributed by atoms with Crippen LogP contribution in [0, 0.1) is 13.8 Å². The lowest BCUT2D eigenvalue weighted by atomic mass is 9.95. The van der Waals surface area contributed by atoms with Gasteiger partial charge in [0.25, 0.3) is 5.91 Å². The van der Waals surface area contributed by atoms with Crippen LogP contribution >= 0.6 is 0 Å². The van der Waals surface area contributed by atoms with Crippen LogP contribution in [0.4, 0.5) is 5.69 Å². The predicted octanol–water partition coefficient (Wildman–Crippen LogP) is 6.91. The van der Waals surface area contributed by atoms with E-state index in [2.05, 4.69) is 73.3 Å². The zero-order valence-corrected chi connectivity index (χ0v) is 20.6. The van der Waals surface area contributed by atoms with Crippen molar-refractivity contribution in [2.24, 2.45) is 0 Å². The fraction of sp³-hybridized carbons (Fsp3) is 0.219. The van der Waals surface area contributed by atoms with Gasteiger partial charge in [0.15, 0.2) is 0 Å². The SMILES string of the molecule is Cc1ccc(N(CCCN2Cc3cccc4cccc(c34)C2)C(=O)C=Cc2ccccc2)c(C)c1. The Balaban J connectivity index is 1.30. The Morgan fingerprint density at radius 1 is 0.886 bits per heavy atom. The van der Waals surface area contributed by atoms with Gasteiger partial charge in [0.05, 0.1) is 0 Å². The van der Waals surface area contributed by atoms with Crippen molar-refractivity contribution in [1.82, 2.24) is 4.90 Å². The monoisotopic (exact) mass is 460 g/mol. The molecule has 4 aromatic carbocycles. The molecule has 35 heavy (non-hydrogen) atoms. The van der Waals surface area contributed by atoms with Crippen LogP contribution < -0.4 is 4.90 Å². The van der Waals surface area contributed by atoms with Gasteiger partial charge in [0.2, 0.25) is 0 Å². The number of rotatable bonds is 7. The van der Waals surface area contributed by atoms with E-state index >= 15 is 0 Å². The fourth-order valence-corrected chi connectivity index (χ4v) is 5.19. The highest BCUT2D eigenvalue weighted by atomic mass is 16.2. The van der Waals surface area contributed by atoms with Crippen molar-refractivity contribution in [3.8, 4) is 0 Å². The van der Waals surface area contributed by atoms with Crippen molar-refractivity contribution in [2.75, 3.05) is 18.0 Å². The number of hydrogen-bond donors (Lipinski definition) is 0. The second-order valence-corrected chi connectivity index (χ2v) is 9.52. The maximum Gasteiger partial charge on any atom is 0.250 e. The molecule has 3 nitrogen and oxygen atoms in total. The lowest BCUT2D eigenvalue weighted by molar-refractivity contribution is -0.114. The molecule has 0 bridgehead atoms. The smallest absolute Gasteiger partial charge is 0.250 e. The molecule has 1 amide bonds. The number of aryl methyl sites for hydroxylation is 2. The zero-order valence-electron chi connectivity index (χ0n) is 20.6. The molecule has 0 N–H and O–H groups in total. The van der Waals surface area contributed by atoms with Gasteiger partial charge in [-0.15, -0.1) is 0 Å². The molecule has 0 saturated heterocycles. The maximum atomic E-state index is 13.4. The van der Waals surface area contributed by atoms with Crippen molar-refractivity contribution in [1.29, 1.82) is 0 Å². The fourth-order valence-electron chi connectivity index (χ4n) is 5.19. The van der Waals surface area contributed by atoms with Crippen LogP contribution in [-0.4, -0.2) is 23.9 Å². The molecular weight excluding hydrogens is 428 g/mol. The summed E-state index contributed by atoms with van der Waals surface area (Å²) in [5, 5.41) is 2.75. The number of anilines is 1. The summed E-state index contributed by atoms with van der Waals surface area (Å²) in [4.78, 5) is 17.8. The van der Waals surface area contributed by atoms with E-state index in [1.807, 2.05) is 41.3 Å². The largest absolute Gasteiger partial charge is 0.309 e. The minimum Gasteiger partial charge on any atom is -0.309 e. The molecular formula is C32H32N2O. The molecule has 0 aromatic heterocycles. The Labute approximate surface area is 208 Å². The maximum absolute atomic E-state index is 13.4. The first-order chi connectivity index (χ1) is 17.1. The van der Waals surface area contributed by atoms with Gasteiger partial charge < -0.3 is 4.90 Å². The molecule has 3 heteroatoms. The van der Waals surface area contributed by atoms with Gasteiger partial charge in [-0.1, -0.05) is 84.4 Å². The van der Waals surface area contributed by atoms with Gasteiger partial charge in [-0.3, -0.25) is 9.69 Å². The molecule has 0 fully saturated rings. The molecule has 176 valence electrons. The first kappa shape index (κ1) is 23.1. The number of hydrogen-bond acceptors (Lipinski definition) is 2. The second-order valence-electron chi connectivity index (χ2n) is 9.52. The Hall–Kier alpha value is -3.69. The number of carbonyl (C=O) groups excluding carboxylic acids is 1. The van der Waals surface area contributed by atoms with E-state index in [-0.39, 0.29) is 5.91 Å². The second kappa shape index (κ2) is 10.3. The third-order valence-electron chi connectivity index (χ3n) is 6.85. The minimum absolute atomic E-state index is 0.0227. The van der Waals surface area contributed by atoms with Crippen LogP contribution in [0.5, 0.6) is 0 Å². The number of amides is 1. The van der Waals surface area contributed by atoms with Gasteiger partial charge in [0, 0.05) is 37.9 Å². The molecule has 5 rings (SSSR count). The summed E-state index contributed by atoms with van der Waals surface area (Å²) in [7, 11) is 0. The molecule has 0 radical (unpaired) electrons. The first-order valence-electron chi connectivity index (χ1n) is 12.4. The normalized spacial score (nSPS) is 13.4. The Morgan fingerprint density at radius 3 is 2.29 bits per heavy atom. The molecule has 4 aromatic rings. The highest BCUT2D eigenvalue weighted by Gasteiger charge is 2.20. The van der Waals surface area contributed by atoms with E-state index in [0.717, 1.165) is 42.9 Å². The zero-order chi connectivity index (χ0) is 24.2. The highest BCUT2D eigenvalue weighted by Crippen LogP contribution is 2.30. The van der Waals surface area contributed by atoms with Crippen LogP contribution in [0.15, 0.2) is 91.0 Å². The summed E-state index contributed by atoms with van der Waals surface area (Å²) in [6.07, 6.45) is 4.52. The minimum atomic E-state index is 0.0227. The summed E-state index contributed by atoms with van der Waals surface area (Å²) in [5.41, 5.74) is 7.16. The lowest BCUT2D eigenvalue weighted by Gasteiger charge is -2.30. The Bertz CT molecular complexity index is 1330. The lowest BCUT2D eigenvalue weighted by Crippen LogP contribution is -2.34. The predicted molar refractivity (Wildman–Crippen MR) is 146 cm³/mol. The molecule has 0 saturated carbocycles. The van der Waals surface area contributed by atoms with E-state index in [0.29, 0.717) is 6.54 Å². The standard InChI is InChI=1S/C32H32N2O/c1-24-15-17-30(25(2)21-24)34(31(35)18-16-26-9-4-3-5-10-26)20-8-19-33-22-28-13-6-11-27-12-7-14-29(23-33)32(27)28/h3-7,9-18,21H,8,19-20,22-23H2,1-2H3. The van der Waals surface area contributed by atoms with E-state index < -0.39 is 0 Å². The molecule has 0 atom stereocenters. The Morgan fingerprint density at radius 2 is 1.60 bits per heavy atom. The van der Waals surface area contributed by atoms with Crippen LogP contribution in [0.3, 0.4) is 0 Å². The third kappa shape index (κ3) is 5.21. The molecule has 0 spiro atoms. The highest BCUT2D eigenvalue weighted by molar-refractivity contribution is 6.04. The van der Waals surface area contributed by atoms with Crippen molar-refractivity contribution < 1.29 is 4.79 Å². The Kier molecular flexibility index (Phi) is 6.78. The summed E-state index contributed by atoms with van der Waals surface area (Å²) >= 11 is 0. The van der Waals surface area contributed by atoms with Crippen molar-refractivity contribution >= 4 is 28.4 Å². The van der Waals surface area contributed by atoms with E-state index in [1.54, 1.807) is 6.08 Å². The van der Waals surface area contributed by atoms with Crippen molar-refractivity contribution in [3.05, 3.63) is 119 Å². The summed E-state index contributed by atoms with van der Waals surface area (Å²) < 4.78 is 0. The van der Waals surface area contributed by atoms with Gasteiger partial charge in [-0.05, 0) is 65.4 Å². The molecule has 1 aliphatic heterocycles. The van der Waals surface area contributed by atoms with E-state index in [4.69, 9.17) is 0 Å². The number of carbonyl (C=O) groups is 1. The van der Waals surface area contributed by atoms with Crippen molar-refractivity contribution in [3.63, 3.8) is 0 Å². The molecule has 1 aliphatic rings. The van der Waals surface area contributed by atoms with Crippen molar-refractivity contribution in [2.45, 2.75) is 33.4 Å². The summed E-state index contributed by atoms with van der Waals surface area (Å²) in [6.45, 7) is 7.73. The van der Waals surface area contributed by atoms with Crippen LogP contribution in [-0.2, 0) is 17.9 Å². The van der Waals surface area contributed by atoms with Crippen LogP contribution in [0.2, 0.25) is 0 Å². The van der Waals surface area contributed by atoms with E-state index in [9.17, 15) is 4.79 Å². The quantitative estimate of drug-likeness (QED) is 0.280. The van der Waals surface area contributed by atoms with E-state index in [1.165, 1.54) is 27.5 Å². The number of nitrogens with zero attached hydrogens (tertiary/aromatic N) is 2. The summed E-state index contributed by atoms with van der Waals surface area (Å²) in [5.74, 6) is 0.0227. The average Bonchev–Trinajstić information content (AvgIpc) is 2.87. The first-order valence-corrected chi connectivity index (χ1v) is 12.4. The topological polar surface area (TPSA) is 23.6 Å². The molecule has 1 heterocycles. The van der Waals surface area contributed by atoms with Crippen LogP contribution in [0.25, 0.3) is 16.8 Å². The van der Waals surface area contributed by atoms with Gasteiger partial charge in [-0.2, -0.15) is 0 Å².